The molecule has 0 aliphatic rings. The number of rotatable bonds is 7. The smallest absolute Gasteiger partial charge is 0.320 e. The molecular formula is C14H19N3O2S. The molecule has 0 aliphatic heterocycles. The van der Waals surface area contributed by atoms with Gasteiger partial charge in [0.25, 0.3) is 0 Å². The van der Waals surface area contributed by atoms with Crippen LogP contribution in [-0.2, 0) is 4.79 Å². The molecule has 1 aromatic carbocycles. The zero-order chi connectivity index (χ0) is 14.5. The van der Waals surface area contributed by atoms with Crippen molar-refractivity contribution in [1.29, 1.82) is 0 Å². The van der Waals surface area contributed by atoms with Crippen LogP contribution < -0.4 is 5.32 Å². The first-order valence-electron chi connectivity index (χ1n) is 6.65. The average Bonchev–Trinajstić information content (AvgIpc) is 2.79. The number of aromatic nitrogens is 2. The molecule has 1 aromatic heterocycles. The number of aliphatic carboxylic acids is 1. The van der Waals surface area contributed by atoms with Crippen molar-refractivity contribution in [3.05, 3.63) is 23.8 Å². The van der Waals surface area contributed by atoms with Gasteiger partial charge in [-0.1, -0.05) is 24.8 Å². The molecule has 0 saturated carbocycles. The second-order valence-electron chi connectivity index (χ2n) is 4.65. The lowest BCUT2D eigenvalue weighted by Gasteiger charge is -2.11. The number of benzene rings is 1. The Morgan fingerprint density at radius 1 is 1.55 bits per heavy atom. The van der Waals surface area contributed by atoms with Crippen molar-refractivity contribution < 1.29 is 9.90 Å². The summed E-state index contributed by atoms with van der Waals surface area (Å²) < 4.78 is 0. The summed E-state index contributed by atoms with van der Waals surface area (Å²) in [5.41, 5.74) is 3.16. The molecule has 0 fully saturated rings. The fraction of sp³-hybridized carbons (Fsp3) is 0.429. The molecule has 5 nitrogen and oxygen atoms in total. The van der Waals surface area contributed by atoms with Crippen LogP contribution in [0.15, 0.2) is 23.4 Å². The molecule has 0 saturated heterocycles. The fourth-order valence-electron chi connectivity index (χ4n) is 2.00. The largest absolute Gasteiger partial charge is 0.480 e. The van der Waals surface area contributed by atoms with Crippen LogP contribution in [0.25, 0.3) is 11.0 Å². The zero-order valence-corrected chi connectivity index (χ0v) is 12.5. The van der Waals surface area contributed by atoms with Crippen LogP contribution >= 0.6 is 11.8 Å². The Morgan fingerprint density at radius 2 is 2.35 bits per heavy atom. The minimum absolute atomic E-state index is 0.487. The van der Waals surface area contributed by atoms with Crippen LogP contribution in [-0.4, -0.2) is 39.4 Å². The molecule has 1 atom stereocenters. The normalized spacial score (nSPS) is 12.7. The fourth-order valence-corrected chi connectivity index (χ4v) is 2.89. The van der Waals surface area contributed by atoms with Gasteiger partial charge in [-0.3, -0.25) is 4.79 Å². The van der Waals surface area contributed by atoms with Crippen LogP contribution in [0.1, 0.15) is 18.9 Å². The highest BCUT2D eigenvalue weighted by Crippen LogP contribution is 2.21. The minimum Gasteiger partial charge on any atom is -0.480 e. The first kappa shape index (κ1) is 14.9. The first-order valence-corrected chi connectivity index (χ1v) is 7.64. The number of carboxylic acids is 1. The molecule has 0 bridgehead atoms. The maximum Gasteiger partial charge on any atom is 0.320 e. The van der Waals surface area contributed by atoms with Gasteiger partial charge in [-0.05, 0) is 37.6 Å². The van der Waals surface area contributed by atoms with E-state index in [2.05, 4.69) is 21.4 Å². The minimum atomic E-state index is -0.798. The van der Waals surface area contributed by atoms with Gasteiger partial charge in [0.05, 0.1) is 11.0 Å². The van der Waals surface area contributed by atoms with Crippen molar-refractivity contribution in [2.45, 2.75) is 31.5 Å². The Labute approximate surface area is 122 Å². The van der Waals surface area contributed by atoms with Gasteiger partial charge in [-0.2, -0.15) is 0 Å². The SMILES string of the molecule is CCNC(CCSc1nc2ccc(C)cc2[nH]1)C(=O)O. The third-order valence-corrected chi connectivity index (χ3v) is 3.92. The van der Waals surface area contributed by atoms with E-state index in [-0.39, 0.29) is 0 Å². The van der Waals surface area contributed by atoms with E-state index in [1.807, 2.05) is 26.0 Å². The molecule has 0 aliphatic carbocycles. The van der Waals surface area contributed by atoms with Crippen LogP contribution in [0.5, 0.6) is 0 Å². The van der Waals surface area contributed by atoms with E-state index in [9.17, 15) is 4.79 Å². The van der Waals surface area contributed by atoms with Gasteiger partial charge in [0.15, 0.2) is 5.16 Å². The predicted molar refractivity (Wildman–Crippen MR) is 81.3 cm³/mol. The monoisotopic (exact) mass is 293 g/mol. The summed E-state index contributed by atoms with van der Waals surface area (Å²) in [6, 6.07) is 5.59. The maximum atomic E-state index is 11.0. The second kappa shape index (κ2) is 6.76. The van der Waals surface area contributed by atoms with Crippen molar-refractivity contribution in [2.24, 2.45) is 0 Å². The molecule has 1 unspecified atom stereocenters. The van der Waals surface area contributed by atoms with E-state index in [0.29, 0.717) is 18.7 Å². The van der Waals surface area contributed by atoms with Crippen molar-refractivity contribution in [2.75, 3.05) is 12.3 Å². The quantitative estimate of drug-likeness (QED) is 0.683. The lowest BCUT2D eigenvalue weighted by atomic mass is 10.2. The summed E-state index contributed by atoms with van der Waals surface area (Å²) in [5.74, 6) is -0.0874. The third kappa shape index (κ3) is 3.74. The van der Waals surface area contributed by atoms with Crippen LogP contribution in [0.2, 0.25) is 0 Å². The predicted octanol–water partition coefficient (Wildman–Crippen LogP) is 2.42. The van der Waals surface area contributed by atoms with Gasteiger partial charge < -0.3 is 15.4 Å². The Hall–Kier alpha value is -1.53. The number of H-pyrrole nitrogens is 1. The summed E-state index contributed by atoms with van der Waals surface area (Å²) in [4.78, 5) is 18.8. The zero-order valence-electron chi connectivity index (χ0n) is 11.6. The van der Waals surface area contributed by atoms with Crippen LogP contribution in [0.3, 0.4) is 0 Å². The third-order valence-electron chi connectivity index (χ3n) is 3.01. The molecule has 1 heterocycles. The van der Waals surface area contributed by atoms with E-state index >= 15 is 0 Å². The Kier molecular flexibility index (Phi) is 5.03. The van der Waals surface area contributed by atoms with E-state index in [1.165, 1.54) is 5.56 Å². The number of imidazole rings is 1. The number of fused-ring (bicyclic) bond motifs is 1. The molecule has 0 amide bonds. The highest BCUT2D eigenvalue weighted by molar-refractivity contribution is 7.99. The molecule has 2 aromatic rings. The topological polar surface area (TPSA) is 78.0 Å². The second-order valence-corrected chi connectivity index (χ2v) is 5.73. The summed E-state index contributed by atoms with van der Waals surface area (Å²) in [7, 11) is 0. The Bertz CT molecular complexity index is 597. The number of thioether (sulfide) groups is 1. The maximum absolute atomic E-state index is 11.0. The number of carboxylic acid groups (broad SMARTS) is 1. The highest BCUT2D eigenvalue weighted by Gasteiger charge is 2.15. The molecule has 0 spiro atoms. The van der Waals surface area contributed by atoms with E-state index < -0.39 is 12.0 Å². The highest BCUT2D eigenvalue weighted by atomic mass is 32.2. The number of carbonyl (C=O) groups is 1. The van der Waals surface area contributed by atoms with Crippen LogP contribution in [0, 0.1) is 6.92 Å². The number of hydrogen-bond acceptors (Lipinski definition) is 4. The van der Waals surface area contributed by atoms with Gasteiger partial charge in [-0.15, -0.1) is 0 Å². The van der Waals surface area contributed by atoms with Crippen LogP contribution in [0.4, 0.5) is 0 Å². The van der Waals surface area contributed by atoms with Gasteiger partial charge in [0, 0.05) is 5.75 Å². The lowest BCUT2D eigenvalue weighted by molar-refractivity contribution is -0.139. The van der Waals surface area contributed by atoms with Gasteiger partial charge in [-0.25, -0.2) is 4.98 Å². The lowest BCUT2D eigenvalue weighted by Crippen LogP contribution is -2.36. The molecule has 0 radical (unpaired) electrons. The Balaban J connectivity index is 1.93. The number of likely N-dealkylation sites (N-methyl/N-ethyl adjacent to an activating group) is 1. The Morgan fingerprint density at radius 3 is 3.05 bits per heavy atom. The number of hydrogen-bond donors (Lipinski definition) is 3. The summed E-state index contributed by atoms with van der Waals surface area (Å²) in [6.07, 6.45) is 0.573. The standard InChI is InChI=1S/C14H19N3O2S/c1-3-15-11(13(18)19)6-7-20-14-16-10-5-4-9(2)8-12(10)17-14/h4-5,8,11,15H,3,6-7H2,1-2H3,(H,16,17)(H,18,19). The van der Waals surface area contributed by atoms with Gasteiger partial charge >= 0.3 is 5.97 Å². The number of aryl methyl sites for hydroxylation is 1. The molecule has 2 rings (SSSR count). The van der Waals surface area contributed by atoms with Crippen molar-refractivity contribution in [3.63, 3.8) is 0 Å². The molecule has 3 N–H and O–H groups in total. The van der Waals surface area contributed by atoms with Gasteiger partial charge in [0.2, 0.25) is 0 Å². The molecule has 20 heavy (non-hydrogen) atoms. The van der Waals surface area contributed by atoms with Crippen molar-refractivity contribution in [1.82, 2.24) is 15.3 Å². The number of nitrogens with zero attached hydrogens (tertiary/aromatic N) is 1. The molecule has 108 valence electrons. The number of nitrogens with one attached hydrogen (secondary N) is 2. The average molecular weight is 293 g/mol. The summed E-state index contributed by atoms with van der Waals surface area (Å²) in [6.45, 7) is 4.61. The first-order chi connectivity index (χ1) is 9.60. The molecule has 6 heteroatoms. The van der Waals surface area contributed by atoms with E-state index in [1.54, 1.807) is 11.8 Å². The van der Waals surface area contributed by atoms with Gasteiger partial charge in [0.1, 0.15) is 6.04 Å². The van der Waals surface area contributed by atoms with Crippen molar-refractivity contribution >= 4 is 28.8 Å². The van der Waals surface area contributed by atoms with Crippen molar-refractivity contribution in [3.8, 4) is 0 Å². The molecular weight excluding hydrogens is 274 g/mol. The van der Waals surface area contributed by atoms with E-state index in [4.69, 9.17) is 5.11 Å². The van der Waals surface area contributed by atoms with E-state index in [0.717, 1.165) is 16.2 Å². The summed E-state index contributed by atoms with van der Waals surface area (Å²) >= 11 is 1.55. The summed E-state index contributed by atoms with van der Waals surface area (Å²) in [5, 5.41) is 12.8. The number of aromatic amines is 1.